The summed E-state index contributed by atoms with van der Waals surface area (Å²) in [6.45, 7) is 3.74. The van der Waals surface area contributed by atoms with Gasteiger partial charge in [0.15, 0.2) is 0 Å². The van der Waals surface area contributed by atoms with Crippen molar-refractivity contribution >= 4 is 40.4 Å². The van der Waals surface area contributed by atoms with Gasteiger partial charge < -0.3 is 10.2 Å². The molecule has 6 heteroatoms. The van der Waals surface area contributed by atoms with Gasteiger partial charge in [-0.3, -0.25) is 4.79 Å². The molecule has 3 heterocycles. The van der Waals surface area contributed by atoms with Crippen LogP contribution in [0.15, 0.2) is 6.07 Å². The van der Waals surface area contributed by atoms with Crippen LogP contribution in [0.5, 0.6) is 0 Å². The number of hydrogen-bond donors (Lipinski definition) is 1. The fourth-order valence-electron chi connectivity index (χ4n) is 2.91. The monoisotopic (exact) mass is 304 g/mol. The smallest absolute Gasteiger partial charge is 0.256 e. The summed E-state index contributed by atoms with van der Waals surface area (Å²) >= 11 is 13.2. The highest BCUT2D eigenvalue weighted by atomic mass is 35.5. The third kappa shape index (κ3) is 2.16. The first-order valence-electron chi connectivity index (χ1n) is 6.05. The van der Waals surface area contributed by atoms with Gasteiger partial charge in [-0.15, -0.1) is 11.3 Å². The Morgan fingerprint density at radius 1 is 1.44 bits per heavy atom. The van der Waals surface area contributed by atoms with Crippen LogP contribution in [-0.4, -0.2) is 37.0 Å². The second-order valence-electron chi connectivity index (χ2n) is 5.14. The molecular formula is C12H14Cl2N2OS. The molecule has 1 spiro atoms. The van der Waals surface area contributed by atoms with Crippen LogP contribution in [0.2, 0.25) is 8.67 Å². The fraction of sp³-hybridized carbons (Fsp3) is 0.583. The molecule has 1 N–H and O–H groups in total. The summed E-state index contributed by atoms with van der Waals surface area (Å²) in [4.78, 5) is 14.3. The van der Waals surface area contributed by atoms with E-state index < -0.39 is 0 Å². The lowest BCUT2D eigenvalue weighted by Crippen LogP contribution is -2.33. The lowest BCUT2D eigenvalue weighted by Gasteiger charge is -2.22. The average molecular weight is 305 g/mol. The number of carbonyl (C=O) groups excluding carboxylic acids is 1. The Morgan fingerprint density at radius 2 is 2.28 bits per heavy atom. The molecule has 0 radical (unpaired) electrons. The molecule has 98 valence electrons. The SMILES string of the molecule is O=C(c1cc(Cl)sc1Cl)N1CCC2(CCNC2)C1. The average Bonchev–Trinajstić information content (AvgIpc) is 3.02. The van der Waals surface area contributed by atoms with E-state index in [0.29, 0.717) is 19.7 Å². The van der Waals surface area contributed by atoms with E-state index in [9.17, 15) is 4.79 Å². The van der Waals surface area contributed by atoms with Crippen LogP contribution in [-0.2, 0) is 0 Å². The highest BCUT2D eigenvalue weighted by Crippen LogP contribution is 2.38. The van der Waals surface area contributed by atoms with Gasteiger partial charge in [-0.1, -0.05) is 23.2 Å². The maximum Gasteiger partial charge on any atom is 0.256 e. The van der Waals surface area contributed by atoms with Gasteiger partial charge in [0.2, 0.25) is 0 Å². The summed E-state index contributed by atoms with van der Waals surface area (Å²) < 4.78 is 1.07. The van der Waals surface area contributed by atoms with E-state index >= 15 is 0 Å². The zero-order valence-electron chi connectivity index (χ0n) is 9.84. The van der Waals surface area contributed by atoms with E-state index in [1.807, 2.05) is 4.90 Å². The lowest BCUT2D eigenvalue weighted by molar-refractivity contribution is 0.0776. The molecule has 2 aliphatic heterocycles. The topological polar surface area (TPSA) is 32.3 Å². The predicted molar refractivity (Wildman–Crippen MR) is 74.8 cm³/mol. The summed E-state index contributed by atoms with van der Waals surface area (Å²) in [5.74, 6) is 0.0203. The Hall–Kier alpha value is -0.290. The molecule has 2 fully saturated rings. The molecule has 1 aromatic rings. The fourth-order valence-corrected chi connectivity index (χ4v) is 4.36. The Bertz CT molecular complexity index is 482. The van der Waals surface area contributed by atoms with Gasteiger partial charge in [0, 0.05) is 25.0 Å². The molecule has 1 amide bonds. The molecule has 3 nitrogen and oxygen atoms in total. The van der Waals surface area contributed by atoms with Gasteiger partial charge in [-0.25, -0.2) is 0 Å². The molecule has 0 saturated carbocycles. The number of amides is 1. The first kappa shape index (κ1) is 12.7. The third-order valence-electron chi connectivity index (χ3n) is 3.94. The van der Waals surface area contributed by atoms with E-state index in [1.165, 1.54) is 11.3 Å². The van der Waals surface area contributed by atoms with E-state index in [4.69, 9.17) is 23.2 Å². The van der Waals surface area contributed by atoms with Crippen molar-refractivity contribution in [3.63, 3.8) is 0 Å². The van der Waals surface area contributed by atoms with Crippen LogP contribution in [0.4, 0.5) is 0 Å². The first-order valence-corrected chi connectivity index (χ1v) is 7.62. The van der Waals surface area contributed by atoms with E-state index in [1.54, 1.807) is 6.07 Å². The zero-order valence-corrected chi connectivity index (χ0v) is 12.2. The Balaban J connectivity index is 1.76. The molecule has 0 aliphatic carbocycles. The second kappa shape index (κ2) is 4.67. The summed E-state index contributed by atoms with van der Waals surface area (Å²) in [6, 6.07) is 1.68. The van der Waals surface area contributed by atoms with Crippen LogP contribution in [0.25, 0.3) is 0 Å². The maximum absolute atomic E-state index is 12.4. The number of carbonyl (C=O) groups is 1. The number of nitrogens with zero attached hydrogens (tertiary/aromatic N) is 1. The first-order chi connectivity index (χ1) is 8.60. The molecule has 0 bridgehead atoms. The van der Waals surface area contributed by atoms with Crippen LogP contribution >= 0.6 is 34.5 Å². The molecule has 3 rings (SSSR count). The standard InChI is InChI=1S/C12H14Cl2N2OS/c13-9-5-8(10(14)18-9)11(17)16-4-2-12(7-16)1-3-15-6-12/h5,15H,1-4,6-7H2. The predicted octanol–water partition coefficient (Wildman–Crippen LogP) is 2.88. The molecule has 1 aromatic heterocycles. The summed E-state index contributed by atoms with van der Waals surface area (Å²) in [5.41, 5.74) is 0.844. The Morgan fingerprint density at radius 3 is 2.89 bits per heavy atom. The molecule has 1 atom stereocenters. The van der Waals surface area contributed by atoms with Crippen molar-refractivity contribution in [3.8, 4) is 0 Å². The maximum atomic E-state index is 12.4. The van der Waals surface area contributed by atoms with Crippen molar-refractivity contribution in [2.45, 2.75) is 12.8 Å². The molecule has 2 saturated heterocycles. The van der Waals surface area contributed by atoms with Crippen LogP contribution < -0.4 is 5.32 Å². The largest absolute Gasteiger partial charge is 0.338 e. The molecule has 0 aromatic carbocycles. The van der Waals surface area contributed by atoms with Crippen molar-refractivity contribution < 1.29 is 4.79 Å². The number of hydrogen-bond acceptors (Lipinski definition) is 3. The lowest BCUT2D eigenvalue weighted by atomic mass is 9.86. The Labute approximate surface area is 120 Å². The summed E-state index contributed by atoms with van der Waals surface area (Å²) in [7, 11) is 0. The number of nitrogens with one attached hydrogen (secondary N) is 1. The van der Waals surface area contributed by atoms with Crippen molar-refractivity contribution in [1.82, 2.24) is 10.2 Å². The minimum atomic E-state index is 0.0203. The zero-order chi connectivity index (χ0) is 12.8. The van der Waals surface area contributed by atoms with Gasteiger partial charge in [-0.05, 0) is 25.5 Å². The molecular weight excluding hydrogens is 291 g/mol. The van der Waals surface area contributed by atoms with Crippen molar-refractivity contribution in [2.24, 2.45) is 5.41 Å². The molecule has 18 heavy (non-hydrogen) atoms. The number of likely N-dealkylation sites (tertiary alicyclic amines) is 1. The molecule has 2 aliphatic rings. The van der Waals surface area contributed by atoms with Gasteiger partial charge >= 0.3 is 0 Å². The number of thiophene rings is 1. The minimum absolute atomic E-state index is 0.0203. The number of halogens is 2. The third-order valence-corrected chi connectivity index (χ3v) is 5.43. The molecule has 1 unspecified atom stereocenters. The van der Waals surface area contributed by atoms with Gasteiger partial charge in [0.05, 0.1) is 9.90 Å². The van der Waals surface area contributed by atoms with Gasteiger partial charge in [0.1, 0.15) is 4.34 Å². The van der Waals surface area contributed by atoms with Crippen molar-refractivity contribution in [1.29, 1.82) is 0 Å². The van der Waals surface area contributed by atoms with Crippen LogP contribution in [0.3, 0.4) is 0 Å². The van der Waals surface area contributed by atoms with Gasteiger partial charge in [-0.2, -0.15) is 0 Å². The van der Waals surface area contributed by atoms with Crippen molar-refractivity contribution in [3.05, 3.63) is 20.3 Å². The minimum Gasteiger partial charge on any atom is -0.338 e. The van der Waals surface area contributed by atoms with Gasteiger partial charge in [0.25, 0.3) is 5.91 Å². The number of rotatable bonds is 1. The quantitative estimate of drug-likeness (QED) is 0.865. The summed E-state index contributed by atoms with van der Waals surface area (Å²) in [5, 5.41) is 3.39. The highest BCUT2D eigenvalue weighted by Gasteiger charge is 2.42. The summed E-state index contributed by atoms with van der Waals surface area (Å²) in [6.07, 6.45) is 2.25. The van der Waals surface area contributed by atoms with Crippen molar-refractivity contribution in [2.75, 3.05) is 26.2 Å². The van der Waals surface area contributed by atoms with E-state index in [-0.39, 0.29) is 5.91 Å². The highest BCUT2D eigenvalue weighted by molar-refractivity contribution is 7.20. The van der Waals surface area contributed by atoms with Crippen LogP contribution in [0, 0.1) is 5.41 Å². The Kier molecular flexibility index (Phi) is 3.30. The van der Waals surface area contributed by atoms with E-state index in [0.717, 1.165) is 39.0 Å². The van der Waals surface area contributed by atoms with Crippen LogP contribution in [0.1, 0.15) is 23.2 Å². The second-order valence-corrected chi connectivity index (χ2v) is 7.43. The van der Waals surface area contributed by atoms with E-state index in [2.05, 4.69) is 5.32 Å². The normalized spacial score (nSPS) is 27.3.